The van der Waals surface area contributed by atoms with Crippen LogP contribution in [0.25, 0.3) is 0 Å². The number of hydrogen-bond acceptors (Lipinski definition) is 4. The first-order chi connectivity index (χ1) is 10.1. The van der Waals surface area contributed by atoms with Crippen LogP contribution in [0, 0.1) is 5.92 Å². The summed E-state index contributed by atoms with van der Waals surface area (Å²) in [6.45, 7) is 9.03. The third-order valence-electron chi connectivity index (χ3n) is 5.13. The molecular weight excluding hydrogens is 316 g/mol. The van der Waals surface area contributed by atoms with Gasteiger partial charge in [-0.2, -0.15) is 13.2 Å². The standard InChI is InChI=1S/C14H20BF3O5/c1-7-8(15-22-11(2,3)12(4,5)23-15)9(10(19)20)21-13(7,6)14(16,17)18/h7H,1-6H3,(H,19,20). The lowest BCUT2D eigenvalue weighted by Gasteiger charge is -2.32. The van der Waals surface area contributed by atoms with Gasteiger partial charge in [0, 0.05) is 11.4 Å². The Hall–Kier alpha value is -1.22. The van der Waals surface area contributed by atoms with Crippen LogP contribution in [0.3, 0.4) is 0 Å². The van der Waals surface area contributed by atoms with Crippen LogP contribution in [0.2, 0.25) is 0 Å². The lowest BCUT2D eigenvalue weighted by atomic mass is 9.67. The molecule has 1 N–H and O–H groups in total. The molecule has 2 rings (SSSR count). The second-order valence-corrected chi connectivity index (χ2v) is 7.11. The zero-order valence-corrected chi connectivity index (χ0v) is 13.9. The van der Waals surface area contributed by atoms with Gasteiger partial charge in [-0.05, 0) is 34.6 Å². The van der Waals surface area contributed by atoms with Crippen LogP contribution in [0.5, 0.6) is 0 Å². The van der Waals surface area contributed by atoms with E-state index in [1.54, 1.807) is 27.7 Å². The summed E-state index contributed by atoms with van der Waals surface area (Å²) >= 11 is 0. The molecule has 1 fully saturated rings. The molecule has 2 heterocycles. The predicted octanol–water partition coefficient (Wildman–Crippen LogP) is 2.94. The minimum atomic E-state index is -4.74. The van der Waals surface area contributed by atoms with E-state index in [-0.39, 0.29) is 5.47 Å². The van der Waals surface area contributed by atoms with Crippen molar-refractivity contribution in [1.29, 1.82) is 0 Å². The van der Waals surface area contributed by atoms with Gasteiger partial charge in [-0.1, -0.05) is 6.92 Å². The number of halogens is 3. The highest BCUT2D eigenvalue weighted by atomic mass is 19.4. The van der Waals surface area contributed by atoms with E-state index in [1.807, 2.05) is 0 Å². The summed E-state index contributed by atoms with van der Waals surface area (Å²) in [5.74, 6) is -3.59. The lowest BCUT2D eigenvalue weighted by molar-refractivity contribution is -0.263. The van der Waals surface area contributed by atoms with Crippen molar-refractivity contribution in [2.75, 3.05) is 0 Å². The summed E-state index contributed by atoms with van der Waals surface area (Å²) < 4.78 is 56.4. The maximum Gasteiger partial charge on any atom is 0.495 e. The van der Waals surface area contributed by atoms with Gasteiger partial charge in [-0.15, -0.1) is 0 Å². The highest BCUT2D eigenvalue weighted by Gasteiger charge is 2.66. The highest BCUT2D eigenvalue weighted by molar-refractivity contribution is 6.55. The zero-order valence-electron chi connectivity index (χ0n) is 13.9. The number of carboxylic acid groups (broad SMARTS) is 1. The molecule has 2 aliphatic heterocycles. The molecule has 2 unspecified atom stereocenters. The van der Waals surface area contributed by atoms with Crippen LogP contribution in [0.1, 0.15) is 41.5 Å². The average molecular weight is 336 g/mol. The molecule has 0 amide bonds. The maximum atomic E-state index is 13.4. The van der Waals surface area contributed by atoms with Crippen molar-refractivity contribution in [1.82, 2.24) is 0 Å². The summed E-state index contributed by atoms with van der Waals surface area (Å²) in [7, 11) is -1.20. The van der Waals surface area contributed by atoms with Gasteiger partial charge in [0.1, 0.15) is 0 Å². The summed E-state index contributed by atoms with van der Waals surface area (Å²) in [5.41, 5.74) is -4.37. The fraction of sp³-hybridized carbons (Fsp3) is 0.786. The van der Waals surface area contributed by atoms with Crippen LogP contribution < -0.4 is 0 Å². The molecule has 0 bridgehead atoms. The van der Waals surface area contributed by atoms with Crippen LogP contribution >= 0.6 is 0 Å². The largest absolute Gasteiger partial charge is 0.495 e. The quantitative estimate of drug-likeness (QED) is 0.786. The summed E-state index contributed by atoms with van der Waals surface area (Å²) in [4.78, 5) is 11.4. The minimum Gasteiger partial charge on any atom is -0.475 e. The van der Waals surface area contributed by atoms with Crippen molar-refractivity contribution < 1.29 is 37.1 Å². The van der Waals surface area contributed by atoms with E-state index in [1.165, 1.54) is 6.92 Å². The SMILES string of the molecule is CC1C(B2OC(C)(C)C(C)(C)O2)=C(C(=O)O)OC1(C)C(F)(F)F. The van der Waals surface area contributed by atoms with Crippen molar-refractivity contribution in [2.24, 2.45) is 5.92 Å². The van der Waals surface area contributed by atoms with Crippen LogP contribution in [0.4, 0.5) is 13.2 Å². The normalized spacial score (nSPS) is 33.1. The van der Waals surface area contributed by atoms with E-state index in [2.05, 4.69) is 0 Å². The van der Waals surface area contributed by atoms with Crippen LogP contribution in [-0.4, -0.2) is 41.2 Å². The van der Waals surface area contributed by atoms with Gasteiger partial charge in [0.25, 0.3) is 0 Å². The Bertz CT molecular complexity index is 553. The summed E-state index contributed by atoms with van der Waals surface area (Å²) in [6, 6.07) is 0. The average Bonchev–Trinajstić information content (AvgIpc) is 2.72. The molecule has 0 spiro atoms. The molecule has 2 aliphatic rings. The fourth-order valence-corrected chi connectivity index (χ4v) is 2.60. The molecule has 130 valence electrons. The van der Waals surface area contributed by atoms with E-state index in [9.17, 15) is 23.1 Å². The highest BCUT2D eigenvalue weighted by Crippen LogP contribution is 2.52. The van der Waals surface area contributed by atoms with Crippen molar-refractivity contribution in [2.45, 2.75) is 64.5 Å². The Kier molecular flexibility index (Phi) is 3.86. The number of alkyl halides is 3. The maximum absolute atomic E-state index is 13.4. The molecule has 2 atom stereocenters. The van der Waals surface area contributed by atoms with E-state index in [4.69, 9.17) is 14.0 Å². The predicted molar refractivity (Wildman–Crippen MR) is 75.5 cm³/mol. The molecule has 0 radical (unpaired) electrons. The smallest absolute Gasteiger partial charge is 0.475 e. The Morgan fingerprint density at radius 2 is 1.57 bits per heavy atom. The molecular formula is C14H20BF3O5. The molecule has 23 heavy (non-hydrogen) atoms. The number of rotatable bonds is 2. The van der Waals surface area contributed by atoms with Crippen molar-refractivity contribution in [3.05, 3.63) is 11.2 Å². The summed E-state index contributed by atoms with van der Waals surface area (Å²) in [6.07, 6.45) is -4.74. The van der Waals surface area contributed by atoms with Gasteiger partial charge in [0.2, 0.25) is 11.4 Å². The van der Waals surface area contributed by atoms with Crippen molar-refractivity contribution in [3.63, 3.8) is 0 Å². The summed E-state index contributed by atoms with van der Waals surface area (Å²) in [5, 5.41) is 9.26. The van der Waals surface area contributed by atoms with Gasteiger partial charge in [0.15, 0.2) is 0 Å². The molecule has 0 aliphatic carbocycles. The van der Waals surface area contributed by atoms with Gasteiger partial charge in [-0.25, -0.2) is 4.79 Å². The fourth-order valence-electron chi connectivity index (χ4n) is 2.60. The number of carbonyl (C=O) groups is 1. The number of ether oxygens (including phenoxy) is 1. The van der Waals surface area contributed by atoms with Crippen molar-refractivity contribution in [3.8, 4) is 0 Å². The minimum absolute atomic E-state index is 0.129. The Balaban J connectivity index is 2.47. The van der Waals surface area contributed by atoms with E-state index in [0.717, 1.165) is 6.92 Å². The Labute approximate surface area is 132 Å². The zero-order chi connectivity index (χ0) is 18.0. The Morgan fingerprint density at radius 3 is 1.91 bits per heavy atom. The second kappa shape index (κ2) is 4.89. The molecule has 9 heteroatoms. The van der Waals surface area contributed by atoms with Gasteiger partial charge >= 0.3 is 19.3 Å². The molecule has 0 aromatic carbocycles. The molecule has 1 saturated heterocycles. The van der Waals surface area contributed by atoms with E-state index < -0.39 is 47.7 Å². The van der Waals surface area contributed by atoms with Gasteiger partial charge in [0.05, 0.1) is 11.2 Å². The van der Waals surface area contributed by atoms with E-state index in [0.29, 0.717) is 0 Å². The number of carboxylic acids is 1. The first-order valence-electron chi connectivity index (χ1n) is 7.23. The second-order valence-electron chi connectivity index (χ2n) is 7.11. The monoisotopic (exact) mass is 336 g/mol. The van der Waals surface area contributed by atoms with Gasteiger partial charge in [-0.3, -0.25) is 0 Å². The third kappa shape index (κ3) is 2.54. The topological polar surface area (TPSA) is 65.0 Å². The van der Waals surface area contributed by atoms with Crippen LogP contribution in [-0.2, 0) is 18.8 Å². The molecule has 0 saturated carbocycles. The number of hydrogen-bond donors (Lipinski definition) is 1. The van der Waals surface area contributed by atoms with Crippen molar-refractivity contribution >= 4 is 13.1 Å². The Morgan fingerprint density at radius 1 is 1.13 bits per heavy atom. The molecule has 0 aromatic rings. The van der Waals surface area contributed by atoms with E-state index >= 15 is 0 Å². The first-order valence-corrected chi connectivity index (χ1v) is 7.23. The van der Waals surface area contributed by atoms with Crippen LogP contribution in [0.15, 0.2) is 11.2 Å². The third-order valence-corrected chi connectivity index (χ3v) is 5.13. The number of aliphatic carboxylic acids is 1. The van der Waals surface area contributed by atoms with Gasteiger partial charge < -0.3 is 19.2 Å². The molecule has 0 aromatic heterocycles. The lowest BCUT2D eigenvalue weighted by Crippen LogP contribution is -2.48. The first kappa shape index (κ1) is 18.1. The molecule has 5 nitrogen and oxygen atoms in total.